The largest absolute Gasteiger partial charge is 0.465 e. The second-order valence-electron chi connectivity index (χ2n) is 5.18. The number of ether oxygens (including phenoxy) is 1. The van der Waals surface area contributed by atoms with Crippen molar-refractivity contribution in [2.24, 2.45) is 0 Å². The van der Waals surface area contributed by atoms with Crippen LogP contribution in [0.25, 0.3) is 0 Å². The van der Waals surface area contributed by atoms with Crippen molar-refractivity contribution >= 4 is 45.4 Å². The van der Waals surface area contributed by atoms with Crippen molar-refractivity contribution in [3.8, 4) is 0 Å². The van der Waals surface area contributed by atoms with E-state index in [0.717, 1.165) is 0 Å². The van der Waals surface area contributed by atoms with Crippen LogP contribution in [-0.2, 0) is 4.74 Å². The van der Waals surface area contributed by atoms with E-state index in [0.29, 0.717) is 10.8 Å². The second-order valence-corrected chi connectivity index (χ2v) is 6.08. The molecular weight excluding hydrogens is 372 g/mol. The number of nitrogens with zero attached hydrogens (tertiary/aromatic N) is 5. The highest BCUT2D eigenvalue weighted by Gasteiger charge is 2.28. The van der Waals surface area contributed by atoms with Crippen molar-refractivity contribution in [1.29, 1.82) is 0 Å². The molecule has 0 saturated carbocycles. The number of hydrogen-bond acceptors (Lipinski definition) is 10. The number of nitrogens with one attached hydrogen (secondary N) is 1. The summed E-state index contributed by atoms with van der Waals surface area (Å²) in [5, 5.41) is 16.7. The summed E-state index contributed by atoms with van der Waals surface area (Å²) in [5.41, 5.74) is 0.325. The van der Waals surface area contributed by atoms with E-state index in [9.17, 15) is 14.9 Å². The van der Waals surface area contributed by atoms with E-state index in [-0.39, 0.29) is 22.9 Å². The summed E-state index contributed by atoms with van der Waals surface area (Å²) in [6.07, 6.45) is 2.77. The highest BCUT2D eigenvalue weighted by Crippen LogP contribution is 2.37. The Labute approximate surface area is 157 Å². The van der Waals surface area contributed by atoms with Gasteiger partial charge in [-0.1, -0.05) is 12.1 Å². The first kappa shape index (κ1) is 18.2. The fourth-order valence-corrected chi connectivity index (χ4v) is 2.95. The molecule has 3 aromatic rings. The molecule has 1 aromatic carbocycles. The molecule has 1 N–H and O–H groups in total. The van der Waals surface area contributed by atoms with Gasteiger partial charge in [0.05, 0.1) is 23.3 Å². The van der Waals surface area contributed by atoms with Crippen LogP contribution in [0.1, 0.15) is 10.4 Å². The number of methoxy groups -OCH3 is 1. The molecule has 0 spiro atoms. The lowest BCUT2D eigenvalue weighted by Gasteiger charge is -2.20. The van der Waals surface area contributed by atoms with Gasteiger partial charge in [-0.25, -0.2) is 19.7 Å². The van der Waals surface area contributed by atoms with E-state index in [1.54, 1.807) is 42.9 Å². The Hall–Kier alpha value is -3.60. The van der Waals surface area contributed by atoms with Gasteiger partial charge in [-0.05, 0) is 12.1 Å². The number of hydrogen-bond donors (Lipinski definition) is 1. The Balaban J connectivity index is 2.09. The molecule has 0 amide bonds. The van der Waals surface area contributed by atoms with Crippen LogP contribution in [-0.4, -0.2) is 40.0 Å². The molecule has 11 heteroatoms. The molecule has 0 aliphatic heterocycles. The average Bonchev–Trinajstić information content (AvgIpc) is 3.19. The predicted octanol–water partition coefficient (Wildman–Crippen LogP) is 3.14. The van der Waals surface area contributed by atoms with Gasteiger partial charge in [-0.15, -0.1) is 11.3 Å². The number of esters is 1. The van der Waals surface area contributed by atoms with Crippen LogP contribution in [0.4, 0.5) is 28.1 Å². The van der Waals surface area contributed by atoms with Crippen molar-refractivity contribution in [2.45, 2.75) is 0 Å². The molecule has 0 fully saturated rings. The number of rotatable bonds is 6. The van der Waals surface area contributed by atoms with Crippen LogP contribution < -0.4 is 10.2 Å². The monoisotopic (exact) mass is 386 g/mol. The van der Waals surface area contributed by atoms with Crippen LogP contribution in [0.15, 0.2) is 42.2 Å². The third-order valence-electron chi connectivity index (χ3n) is 3.63. The third kappa shape index (κ3) is 3.67. The van der Waals surface area contributed by atoms with Crippen LogP contribution in [0.5, 0.6) is 0 Å². The fourth-order valence-electron chi connectivity index (χ4n) is 2.42. The summed E-state index contributed by atoms with van der Waals surface area (Å²) in [6, 6.07) is 6.60. The summed E-state index contributed by atoms with van der Waals surface area (Å²) in [6.45, 7) is 0. The molecule has 0 saturated heterocycles. The molecule has 0 aliphatic carbocycles. The predicted molar refractivity (Wildman–Crippen MR) is 99.9 cm³/mol. The summed E-state index contributed by atoms with van der Waals surface area (Å²) < 4.78 is 4.78. The molecule has 10 nitrogen and oxygen atoms in total. The minimum absolute atomic E-state index is 0.00218. The van der Waals surface area contributed by atoms with E-state index in [1.165, 1.54) is 29.7 Å². The number of aromatic nitrogens is 3. The number of nitro groups is 1. The first-order chi connectivity index (χ1) is 13.0. The minimum atomic E-state index is -0.581. The Kier molecular flexibility index (Phi) is 5.22. The number of thiazole rings is 1. The quantitative estimate of drug-likeness (QED) is 0.386. The fraction of sp³-hybridized carbons (Fsp3) is 0.125. The minimum Gasteiger partial charge on any atom is -0.465 e. The molecule has 0 atom stereocenters. The van der Waals surface area contributed by atoms with Crippen LogP contribution in [0, 0.1) is 10.1 Å². The van der Waals surface area contributed by atoms with E-state index < -0.39 is 10.9 Å². The molecule has 0 radical (unpaired) electrons. The zero-order chi connectivity index (χ0) is 19.4. The number of carbonyl (C=O) groups is 1. The average molecular weight is 386 g/mol. The van der Waals surface area contributed by atoms with Crippen LogP contribution in [0.3, 0.4) is 0 Å². The van der Waals surface area contributed by atoms with Crippen molar-refractivity contribution in [2.75, 3.05) is 24.4 Å². The zero-order valence-electron chi connectivity index (χ0n) is 14.3. The topological polar surface area (TPSA) is 123 Å². The normalized spacial score (nSPS) is 10.3. The molecule has 27 heavy (non-hydrogen) atoms. The highest BCUT2D eigenvalue weighted by molar-refractivity contribution is 7.13. The van der Waals surface area contributed by atoms with Gasteiger partial charge in [0, 0.05) is 18.6 Å². The Bertz CT molecular complexity index is 979. The lowest BCUT2D eigenvalue weighted by Crippen LogP contribution is -2.18. The molecule has 0 bridgehead atoms. The molecule has 0 aliphatic rings. The zero-order valence-corrected chi connectivity index (χ0v) is 15.1. The Morgan fingerprint density at radius 1 is 1.30 bits per heavy atom. The molecule has 3 rings (SSSR count). The molecule has 2 aromatic heterocycles. The summed E-state index contributed by atoms with van der Waals surface area (Å²) in [7, 11) is 2.84. The van der Waals surface area contributed by atoms with Gasteiger partial charge in [0.1, 0.15) is 6.33 Å². The number of anilines is 4. The molecule has 138 valence electrons. The maximum absolute atomic E-state index is 12.0. The van der Waals surface area contributed by atoms with Crippen molar-refractivity contribution in [3.05, 3.63) is 57.8 Å². The lowest BCUT2D eigenvalue weighted by molar-refractivity contribution is -0.383. The van der Waals surface area contributed by atoms with Gasteiger partial charge in [0.15, 0.2) is 5.13 Å². The van der Waals surface area contributed by atoms with Crippen LogP contribution in [0.2, 0.25) is 0 Å². The van der Waals surface area contributed by atoms with Crippen molar-refractivity contribution in [3.63, 3.8) is 0 Å². The maximum Gasteiger partial charge on any atom is 0.354 e. The standard InChI is InChI=1S/C16H14N6O4S/c1-21(11-6-4-3-5-10(11)15(23)26-2)14-12(22(24)25)13(18-9-19-14)20-16-17-7-8-27-16/h3-9H,1-2H3,(H,17,18,19,20). The first-order valence-electron chi connectivity index (χ1n) is 7.60. The van der Waals surface area contributed by atoms with Gasteiger partial charge in [-0.2, -0.15) is 0 Å². The summed E-state index contributed by atoms with van der Waals surface area (Å²) >= 11 is 1.28. The van der Waals surface area contributed by atoms with E-state index >= 15 is 0 Å². The number of para-hydroxylation sites is 1. The van der Waals surface area contributed by atoms with E-state index in [2.05, 4.69) is 20.3 Å². The van der Waals surface area contributed by atoms with E-state index in [1.807, 2.05) is 0 Å². The van der Waals surface area contributed by atoms with Crippen molar-refractivity contribution < 1.29 is 14.5 Å². The maximum atomic E-state index is 12.0. The van der Waals surface area contributed by atoms with Gasteiger partial charge in [-0.3, -0.25) is 10.1 Å². The molecular formula is C16H14N6O4S. The summed E-state index contributed by atoms with van der Waals surface area (Å²) in [4.78, 5) is 36.7. The van der Waals surface area contributed by atoms with Gasteiger partial charge < -0.3 is 15.0 Å². The first-order valence-corrected chi connectivity index (χ1v) is 8.48. The second kappa shape index (κ2) is 7.74. The van der Waals surface area contributed by atoms with Crippen molar-refractivity contribution in [1.82, 2.24) is 15.0 Å². The van der Waals surface area contributed by atoms with Gasteiger partial charge >= 0.3 is 11.7 Å². The Morgan fingerprint density at radius 3 is 2.74 bits per heavy atom. The SMILES string of the molecule is COC(=O)c1ccccc1N(C)c1ncnc(Nc2nccs2)c1[N+](=O)[O-]. The lowest BCUT2D eigenvalue weighted by atomic mass is 10.1. The van der Waals surface area contributed by atoms with Gasteiger partial charge in [0.25, 0.3) is 0 Å². The third-order valence-corrected chi connectivity index (χ3v) is 4.32. The summed E-state index contributed by atoms with van der Waals surface area (Å²) in [5.74, 6) is -0.539. The van der Waals surface area contributed by atoms with E-state index in [4.69, 9.17) is 4.74 Å². The Morgan fingerprint density at radius 2 is 2.07 bits per heavy atom. The smallest absolute Gasteiger partial charge is 0.354 e. The highest BCUT2D eigenvalue weighted by atomic mass is 32.1. The molecule has 2 heterocycles. The van der Waals surface area contributed by atoms with Crippen LogP contribution >= 0.6 is 11.3 Å². The number of benzene rings is 1. The molecule has 0 unspecified atom stereocenters. The van der Waals surface area contributed by atoms with Gasteiger partial charge in [0.2, 0.25) is 11.6 Å². The number of carbonyl (C=O) groups excluding carboxylic acids is 1.